The smallest absolute Gasteiger partial charge is 0.341 e. The van der Waals surface area contributed by atoms with Crippen molar-refractivity contribution in [2.24, 2.45) is 0 Å². The van der Waals surface area contributed by atoms with Crippen LogP contribution in [-0.4, -0.2) is 32.1 Å². The van der Waals surface area contributed by atoms with E-state index in [4.69, 9.17) is 26.6 Å². The Morgan fingerprint density at radius 3 is 1.92 bits per heavy atom. The molecule has 0 aliphatic rings. The Labute approximate surface area is 153 Å². The van der Waals surface area contributed by atoms with E-state index in [1.165, 1.54) is 30.6 Å². The van der Waals surface area contributed by atoms with Gasteiger partial charge in [-0.25, -0.2) is 19.6 Å². The molecular weight excluding hydrogens is 360 g/mol. The van der Waals surface area contributed by atoms with Crippen LogP contribution in [0.1, 0.15) is 20.7 Å². The molecule has 7 nitrogen and oxygen atoms in total. The molecule has 0 aliphatic carbocycles. The third-order valence-corrected chi connectivity index (χ3v) is 3.25. The second-order valence-electron chi connectivity index (χ2n) is 4.72. The number of pyridine rings is 2. The average molecular weight is 373 g/mol. The zero-order valence-corrected chi connectivity index (χ0v) is 14.0. The maximum atomic E-state index is 10.9. The van der Waals surface area contributed by atoms with E-state index in [1.54, 1.807) is 30.3 Å². The Bertz CT molecular complexity index is 903. The number of hydrogen-bond acceptors (Lipinski definition) is 5. The third-order valence-electron chi connectivity index (χ3n) is 2.95. The van der Waals surface area contributed by atoms with Crippen LogP contribution >= 0.6 is 11.6 Å². The van der Waals surface area contributed by atoms with Gasteiger partial charge in [-0.05, 0) is 36.4 Å². The fraction of sp³-hybridized carbons (Fsp3) is 0. The SMILES string of the molecule is O=C(O)c1cccnc1Cl.O=C(O)c1cccnc1Oc1ccccc1. The van der Waals surface area contributed by atoms with Crippen LogP contribution in [0.25, 0.3) is 0 Å². The van der Waals surface area contributed by atoms with E-state index in [9.17, 15) is 9.59 Å². The van der Waals surface area contributed by atoms with E-state index >= 15 is 0 Å². The minimum absolute atomic E-state index is 0.0231. The fourth-order valence-electron chi connectivity index (χ4n) is 1.78. The maximum Gasteiger partial charge on any atom is 0.341 e. The Balaban J connectivity index is 0.000000209. The molecular formula is C18H13ClN2O5. The van der Waals surface area contributed by atoms with Gasteiger partial charge >= 0.3 is 11.9 Å². The van der Waals surface area contributed by atoms with Crippen molar-refractivity contribution < 1.29 is 24.5 Å². The van der Waals surface area contributed by atoms with E-state index < -0.39 is 11.9 Å². The lowest BCUT2D eigenvalue weighted by Gasteiger charge is -2.06. The van der Waals surface area contributed by atoms with Gasteiger partial charge in [0.2, 0.25) is 5.88 Å². The molecule has 0 atom stereocenters. The molecule has 0 spiro atoms. The second-order valence-corrected chi connectivity index (χ2v) is 5.08. The number of halogens is 1. The van der Waals surface area contributed by atoms with Gasteiger partial charge in [-0.3, -0.25) is 0 Å². The maximum absolute atomic E-state index is 10.9. The molecule has 3 aromatic rings. The van der Waals surface area contributed by atoms with Gasteiger partial charge in [-0.2, -0.15) is 0 Å². The van der Waals surface area contributed by atoms with Crippen molar-refractivity contribution in [3.8, 4) is 11.6 Å². The van der Waals surface area contributed by atoms with Crippen molar-refractivity contribution in [2.45, 2.75) is 0 Å². The molecule has 0 bridgehead atoms. The Hall–Kier alpha value is -3.45. The first-order valence-corrected chi connectivity index (χ1v) is 7.62. The van der Waals surface area contributed by atoms with Gasteiger partial charge in [-0.15, -0.1) is 0 Å². The summed E-state index contributed by atoms with van der Waals surface area (Å²) in [6, 6.07) is 14.9. The van der Waals surface area contributed by atoms with Gasteiger partial charge in [0.15, 0.2) is 0 Å². The van der Waals surface area contributed by atoms with E-state index in [0.29, 0.717) is 5.75 Å². The standard InChI is InChI=1S/C12H9NO3.C6H4ClNO2/c14-12(15)10-7-4-8-13-11(10)16-9-5-2-1-3-6-9;7-5-4(6(9)10)2-1-3-8-5/h1-8H,(H,14,15);1-3H,(H,9,10). The van der Waals surface area contributed by atoms with Gasteiger partial charge in [0.05, 0.1) is 5.56 Å². The molecule has 8 heteroatoms. The number of aromatic carboxylic acids is 2. The van der Waals surface area contributed by atoms with Crippen LogP contribution in [0, 0.1) is 0 Å². The Morgan fingerprint density at radius 2 is 1.38 bits per heavy atom. The number of carbonyl (C=O) groups is 2. The number of ether oxygens (including phenoxy) is 1. The molecule has 2 aromatic heterocycles. The third kappa shape index (κ3) is 5.29. The second kappa shape index (κ2) is 9.14. The summed E-state index contributed by atoms with van der Waals surface area (Å²) >= 11 is 5.43. The van der Waals surface area contributed by atoms with Crippen molar-refractivity contribution >= 4 is 23.5 Å². The highest BCUT2D eigenvalue weighted by molar-refractivity contribution is 6.32. The predicted molar refractivity (Wildman–Crippen MR) is 93.9 cm³/mol. The summed E-state index contributed by atoms with van der Waals surface area (Å²) < 4.78 is 5.38. The van der Waals surface area contributed by atoms with Crippen LogP contribution < -0.4 is 4.74 Å². The van der Waals surface area contributed by atoms with E-state index in [0.717, 1.165) is 0 Å². The average Bonchev–Trinajstić information content (AvgIpc) is 2.63. The number of rotatable bonds is 4. The predicted octanol–water partition coefficient (Wildman–Crippen LogP) is 4.01. The molecule has 2 N–H and O–H groups in total. The Morgan fingerprint density at radius 1 is 0.808 bits per heavy atom. The summed E-state index contributed by atoms with van der Waals surface area (Å²) in [6.07, 6.45) is 2.93. The lowest BCUT2D eigenvalue weighted by molar-refractivity contribution is 0.0683. The van der Waals surface area contributed by atoms with Gasteiger partial charge in [0.1, 0.15) is 16.5 Å². The van der Waals surface area contributed by atoms with Crippen LogP contribution in [-0.2, 0) is 0 Å². The molecule has 0 aliphatic heterocycles. The van der Waals surface area contributed by atoms with E-state index in [1.807, 2.05) is 6.07 Å². The summed E-state index contributed by atoms with van der Waals surface area (Å²) in [5, 5.41) is 17.4. The van der Waals surface area contributed by atoms with Crippen molar-refractivity contribution in [3.63, 3.8) is 0 Å². The largest absolute Gasteiger partial charge is 0.478 e. The highest BCUT2D eigenvalue weighted by Gasteiger charge is 2.12. The molecule has 0 unspecified atom stereocenters. The van der Waals surface area contributed by atoms with Gasteiger partial charge < -0.3 is 14.9 Å². The van der Waals surface area contributed by atoms with Gasteiger partial charge in [0.25, 0.3) is 0 Å². The molecule has 2 heterocycles. The summed E-state index contributed by atoms with van der Waals surface area (Å²) in [7, 11) is 0. The van der Waals surface area contributed by atoms with Crippen LogP contribution in [0.2, 0.25) is 5.15 Å². The molecule has 132 valence electrons. The summed E-state index contributed by atoms with van der Waals surface area (Å²) in [6.45, 7) is 0. The van der Waals surface area contributed by atoms with Crippen LogP contribution in [0.3, 0.4) is 0 Å². The lowest BCUT2D eigenvalue weighted by Crippen LogP contribution is -2.01. The number of carboxylic acid groups (broad SMARTS) is 2. The topological polar surface area (TPSA) is 110 Å². The summed E-state index contributed by atoms with van der Waals surface area (Å²) in [5.74, 6) is -1.46. The first-order valence-electron chi connectivity index (χ1n) is 7.24. The minimum atomic E-state index is -1.06. The molecule has 1 aromatic carbocycles. The Kier molecular flexibility index (Phi) is 6.64. The highest BCUT2D eigenvalue weighted by Crippen LogP contribution is 2.22. The number of para-hydroxylation sites is 1. The van der Waals surface area contributed by atoms with Crippen LogP contribution in [0.15, 0.2) is 67.0 Å². The van der Waals surface area contributed by atoms with Crippen LogP contribution in [0.4, 0.5) is 0 Å². The first kappa shape index (κ1) is 18.9. The highest BCUT2D eigenvalue weighted by atomic mass is 35.5. The number of benzene rings is 1. The molecule has 0 saturated heterocycles. The summed E-state index contributed by atoms with van der Waals surface area (Å²) in [4.78, 5) is 28.7. The van der Waals surface area contributed by atoms with Crippen molar-refractivity contribution in [3.05, 3.63) is 83.3 Å². The van der Waals surface area contributed by atoms with E-state index in [2.05, 4.69) is 9.97 Å². The quantitative estimate of drug-likeness (QED) is 0.666. The monoisotopic (exact) mass is 372 g/mol. The molecule has 0 radical (unpaired) electrons. The zero-order valence-electron chi connectivity index (χ0n) is 13.2. The molecule has 0 saturated carbocycles. The fourth-order valence-corrected chi connectivity index (χ4v) is 1.98. The molecule has 0 fully saturated rings. The number of nitrogens with zero attached hydrogens (tertiary/aromatic N) is 2. The van der Waals surface area contributed by atoms with Gasteiger partial charge in [0, 0.05) is 12.4 Å². The molecule has 0 amide bonds. The van der Waals surface area contributed by atoms with E-state index in [-0.39, 0.29) is 22.2 Å². The van der Waals surface area contributed by atoms with Gasteiger partial charge in [-0.1, -0.05) is 29.8 Å². The number of aromatic nitrogens is 2. The normalized spacial score (nSPS) is 9.58. The van der Waals surface area contributed by atoms with Crippen molar-refractivity contribution in [1.29, 1.82) is 0 Å². The van der Waals surface area contributed by atoms with Crippen molar-refractivity contribution in [1.82, 2.24) is 9.97 Å². The van der Waals surface area contributed by atoms with Crippen molar-refractivity contribution in [2.75, 3.05) is 0 Å². The van der Waals surface area contributed by atoms with Crippen LogP contribution in [0.5, 0.6) is 11.6 Å². The lowest BCUT2D eigenvalue weighted by atomic mass is 10.3. The molecule has 26 heavy (non-hydrogen) atoms. The number of carboxylic acids is 2. The minimum Gasteiger partial charge on any atom is -0.478 e. The molecule has 3 rings (SSSR count). The number of hydrogen-bond donors (Lipinski definition) is 2. The summed E-state index contributed by atoms with van der Waals surface area (Å²) in [5.41, 5.74) is 0.0792. The zero-order chi connectivity index (χ0) is 18.9. The first-order chi connectivity index (χ1) is 12.5.